The van der Waals surface area contributed by atoms with Gasteiger partial charge in [0.2, 0.25) is 0 Å². The van der Waals surface area contributed by atoms with Crippen LogP contribution in [0.25, 0.3) is 0 Å². The second-order valence-corrected chi connectivity index (χ2v) is 29.9. The van der Waals surface area contributed by atoms with Crippen LogP contribution in [0.1, 0.15) is 41.4 Å². The molecular weight excluding hydrogens is 1140 g/mol. The van der Waals surface area contributed by atoms with Gasteiger partial charge in [-0.1, -0.05) is 0 Å². The monoisotopic (exact) mass is 1180 g/mol. The van der Waals surface area contributed by atoms with E-state index in [2.05, 4.69) is 71.8 Å². The Morgan fingerprint density at radius 1 is 0.317 bits per heavy atom. The fraction of sp³-hybridized carbons (Fsp3) is 0. The zero-order valence-electron chi connectivity index (χ0n) is 32.8. The molecule has 5 rings (SSSR count). The van der Waals surface area contributed by atoms with Gasteiger partial charge in [-0.3, -0.25) is 0 Å². The van der Waals surface area contributed by atoms with Crippen LogP contribution in [0.5, 0.6) is 0 Å². The standard InChI is InChI=1S/4C11H10NO.C6H4.2Bi/c4*1-2-3-9-12-11(13)10-7-5-4-6-8-10;1-2-4-6-5-3-1;;/h4*2-3,5-9H,1H2,(H,12,13);1-2,5-6H;;. The molecule has 4 amide bonds. The molecule has 0 aliphatic heterocycles. The Kier molecular flexibility index (Phi) is 17.4. The van der Waals surface area contributed by atoms with E-state index in [1.807, 2.05) is 97.1 Å². The van der Waals surface area contributed by atoms with Crippen LogP contribution in [0.15, 0.2) is 221 Å². The van der Waals surface area contributed by atoms with Crippen molar-refractivity contribution in [3.63, 3.8) is 0 Å². The number of allylic oxidation sites excluding steroid dienone is 8. The van der Waals surface area contributed by atoms with Gasteiger partial charge in [-0.05, 0) is 0 Å². The summed E-state index contributed by atoms with van der Waals surface area (Å²) < 4.78 is 7.08. The van der Waals surface area contributed by atoms with Gasteiger partial charge in [0.1, 0.15) is 0 Å². The predicted molar refractivity (Wildman–Crippen MR) is 249 cm³/mol. The zero-order valence-corrected chi connectivity index (χ0v) is 39.8. The van der Waals surface area contributed by atoms with Crippen molar-refractivity contribution in [3.05, 3.63) is 243 Å². The third kappa shape index (κ3) is 12.3. The Morgan fingerprint density at radius 2 is 0.483 bits per heavy atom. The van der Waals surface area contributed by atoms with E-state index in [4.69, 9.17) is 0 Å². The van der Waals surface area contributed by atoms with Crippen molar-refractivity contribution < 1.29 is 19.2 Å². The summed E-state index contributed by atoms with van der Waals surface area (Å²) in [5.41, 5.74) is 2.15. The second-order valence-electron chi connectivity index (χ2n) is 12.6. The minimum atomic E-state index is -3.02. The molecule has 0 spiro atoms. The number of nitrogens with one attached hydrogen (secondary N) is 4. The molecule has 0 heterocycles. The minimum absolute atomic E-state index is 0.217. The van der Waals surface area contributed by atoms with Crippen molar-refractivity contribution in [3.8, 4) is 0 Å². The summed E-state index contributed by atoms with van der Waals surface area (Å²) in [5, 5.41) is 11.0. The number of rotatable bonds is 18. The van der Waals surface area contributed by atoms with E-state index in [9.17, 15) is 19.2 Å². The average Bonchev–Trinajstić information content (AvgIpc) is 3.28. The third-order valence-electron chi connectivity index (χ3n) is 8.70. The summed E-state index contributed by atoms with van der Waals surface area (Å²) in [7, 11) is 0. The topological polar surface area (TPSA) is 116 Å². The number of benzene rings is 5. The van der Waals surface area contributed by atoms with E-state index in [1.54, 1.807) is 73.4 Å². The Hall–Kier alpha value is -6.33. The van der Waals surface area contributed by atoms with Crippen LogP contribution in [0.2, 0.25) is 0 Å². The first-order chi connectivity index (χ1) is 29.3. The molecule has 0 aliphatic rings. The van der Waals surface area contributed by atoms with Crippen molar-refractivity contribution in [2.45, 2.75) is 0 Å². The summed E-state index contributed by atoms with van der Waals surface area (Å²) in [6.07, 6.45) is 19.2. The fourth-order valence-electron chi connectivity index (χ4n) is 5.79. The molecule has 0 saturated heterocycles. The molecule has 0 bridgehead atoms. The Labute approximate surface area is 367 Å². The van der Waals surface area contributed by atoms with Gasteiger partial charge in [-0.2, -0.15) is 0 Å². The van der Waals surface area contributed by atoms with Gasteiger partial charge in [0.05, 0.1) is 0 Å². The first-order valence-electron chi connectivity index (χ1n) is 18.7. The summed E-state index contributed by atoms with van der Waals surface area (Å²) in [6, 6.07) is 40.0. The number of hydrogen-bond donors (Lipinski definition) is 4. The summed E-state index contributed by atoms with van der Waals surface area (Å²) in [4.78, 5) is 51.2. The van der Waals surface area contributed by atoms with E-state index in [1.165, 1.54) is 6.54 Å². The van der Waals surface area contributed by atoms with Gasteiger partial charge >= 0.3 is 371 Å². The molecule has 5 aromatic carbocycles. The van der Waals surface area contributed by atoms with Gasteiger partial charge in [-0.15, -0.1) is 0 Å². The molecule has 10 heteroatoms. The van der Waals surface area contributed by atoms with Crippen molar-refractivity contribution in [1.29, 1.82) is 0 Å². The van der Waals surface area contributed by atoms with Crippen LogP contribution >= 0.6 is 0 Å². The molecule has 0 fully saturated rings. The van der Waals surface area contributed by atoms with Crippen LogP contribution in [0.4, 0.5) is 0 Å². The van der Waals surface area contributed by atoms with Crippen molar-refractivity contribution in [1.82, 2.24) is 21.3 Å². The summed E-state index contributed by atoms with van der Waals surface area (Å²) in [6.45, 7) is 14.6. The number of amides is 4. The van der Waals surface area contributed by atoms with E-state index < -0.39 is 43.5 Å². The van der Waals surface area contributed by atoms with Crippen molar-refractivity contribution in [2.24, 2.45) is 0 Å². The van der Waals surface area contributed by atoms with Gasteiger partial charge in [0, 0.05) is 0 Å². The molecular formula is C50H44Bi2N4O4. The molecule has 298 valence electrons. The molecule has 60 heavy (non-hydrogen) atoms. The Morgan fingerprint density at radius 3 is 0.650 bits per heavy atom. The molecule has 4 N–H and O–H groups in total. The van der Waals surface area contributed by atoms with Gasteiger partial charge in [0.15, 0.2) is 0 Å². The van der Waals surface area contributed by atoms with Gasteiger partial charge in [-0.25, -0.2) is 0 Å². The van der Waals surface area contributed by atoms with Crippen LogP contribution in [0, 0.1) is 0 Å². The third-order valence-corrected chi connectivity index (χ3v) is 27.7. The van der Waals surface area contributed by atoms with E-state index in [-0.39, 0.29) is 23.6 Å². The van der Waals surface area contributed by atoms with Crippen LogP contribution in [-0.4, -0.2) is 67.1 Å². The van der Waals surface area contributed by atoms with Crippen LogP contribution in [-0.2, 0) is 0 Å². The maximum absolute atomic E-state index is 12.8. The SMILES string of the molecule is C=CC=CNC(=O)c1cc[c]([Bi]([c]2ccc(C(=O)NC=CC=C)cc2)[c]2cc[c]([Bi]([c]3ccc(C(=O)NC=CC=C)cc3)[c]3ccc(C(=O)NC=CC=C)cc3)cc2)cc1. The molecule has 0 atom stereocenters. The van der Waals surface area contributed by atoms with E-state index in [0.717, 1.165) is 13.1 Å². The normalized spacial score (nSPS) is 11.2. The van der Waals surface area contributed by atoms with Gasteiger partial charge < -0.3 is 0 Å². The van der Waals surface area contributed by atoms with Crippen LogP contribution in [0.3, 0.4) is 0 Å². The van der Waals surface area contributed by atoms with Gasteiger partial charge in [0.25, 0.3) is 0 Å². The second kappa shape index (κ2) is 23.3. The summed E-state index contributed by atoms with van der Waals surface area (Å²) in [5.74, 6) is -0.868. The van der Waals surface area contributed by atoms with E-state index in [0.29, 0.717) is 22.3 Å². The quantitative estimate of drug-likeness (QED) is 0.0769. The average molecular weight is 1180 g/mol. The molecule has 0 aromatic heterocycles. The molecule has 0 saturated carbocycles. The molecule has 8 nitrogen and oxygen atoms in total. The van der Waals surface area contributed by atoms with Crippen molar-refractivity contribution >= 4 is 86.8 Å². The number of hydrogen-bond acceptors (Lipinski definition) is 4. The Balaban J connectivity index is 1.54. The molecule has 0 unspecified atom stereocenters. The molecule has 5 aromatic rings. The zero-order chi connectivity index (χ0) is 42.7. The first kappa shape index (κ1) is 44.8. The fourth-order valence-corrected chi connectivity index (χ4v) is 23.2. The summed E-state index contributed by atoms with van der Waals surface area (Å²) >= 11 is -6.05. The van der Waals surface area contributed by atoms with Crippen molar-refractivity contribution in [2.75, 3.05) is 0 Å². The van der Waals surface area contributed by atoms with Crippen LogP contribution < -0.4 is 40.9 Å². The predicted octanol–water partition coefficient (Wildman–Crippen LogP) is 4.44. The number of carbonyl (C=O) groups excluding carboxylic acids is 4. The molecule has 0 radical (unpaired) electrons. The first-order valence-corrected chi connectivity index (χ1v) is 29.2. The number of carbonyl (C=O) groups is 4. The Bertz CT molecular complexity index is 2130. The van der Waals surface area contributed by atoms with E-state index >= 15 is 0 Å². The maximum atomic E-state index is 12.8. The molecule has 0 aliphatic carbocycles.